The number of nitriles is 1. The molecule has 0 radical (unpaired) electrons. The lowest BCUT2D eigenvalue weighted by Crippen LogP contribution is -2.31. The first kappa shape index (κ1) is 16.5. The fourth-order valence-corrected chi connectivity index (χ4v) is 1.69. The average molecular weight is 349 g/mol. The van der Waals surface area contributed by atoms with Crippen molar-refractivity contribution >= 4 is 27.5 Å². The number of carbonyl (C=O) groups excluding carboxylic acids is 1. The SMILES string of the molecule is CCC(C)(C#N)C(=O)Nc1cc(C(F)(F)F)ccc1Br. The molecule has 20 heavy (non-hydrogen) atoms. The summed E-state index contributed by atoms with van der Waals surface area (Å²) in [5.41, 5.74) is -2.17. The van der Waals surface area contributed by atoms with Gasteiger partial charge in [-0.15, -0.1) is 0 Å². The number of alkyl halides is 3. The summed E-state index contributed by atoms with van der Waals surface area (Å²) in [6.07, 6.45) is -4.24. The van der Waals surface area contributed by atoms with Crippen LogP contribution in [-0.2, 0) is 11.0 Å². The van der Waals surface area contributed by atoms with Gasteiger partial charge in [-0.25, -0.2) is 0 Å². The van der Waals surface area contributed by atoms with Crippen LogP contribution in [-0.4, -0.2) is 5.91 Å². The standard InChI is InChI=1S/C13H12BrF3N2O/c1-3-12(2,7-18)11(20)19-10-6-8(13(15,16)17)4-5-9(10)14/h4-6H,3H2,1-2H3,(H,19,20). The maximum absolute atomic E-state index is 12.6. The second kappa shape index (κ2) is 5.83. The minimum atomic E-state index is -4.50. The largest absolute Gasteiger partial charge is 0.416 e. The maximum Gasteiger partial charge on any atom is 0.416 e. The first-order chi connectivity index (χ1) is 9.14. The normalized spacial score (nSPS) is 14.2. The Morgan fingerprint density at radius 2 is 2.05 bits per heavy atom. The highest BCUT2D eigenvalue weighted by molar-refractivity contribution is 9.10. The Morgan fingerprint density at radius 3 is 2.50 bits per heavy atom. The Balaban J connectivity index is 3.10. The van der Waals surface area contributed by atoms with E-state index in [4.69, 9.17) is 5.26 Å². The van der Waals surface area contributed by atoms with Gasteiger partial charge in [0.2, 0.25) is 5.91 Å². The van der Waals surface area contributed by atoms with Crippen molar-refractivity contribution in [3.8, 4) is 6.07 Å². The molecular formula is C13H12BrF3N2O. The molecule has 0 aliphatic rings. The Labute approximate surface area is 122 Å². The molecule has 1 N–H and O–H groups in total. The van der Waals surface area contributed by atoms with Gasteiger partial charge in [-0.05, 0) is 47.5 Å². The highest BCUT2D eigenvalue weighted by Crippen LogP contribution is 2.34. The Morgan fingerprint density at radius 1 is 1.45 bits per heavy atom. The summed E-state index contributed by atoms with van der Waals surface area (Å²) >= 11 is 3.07. The van der Waals surface area contributed by atoms with Crippen LogP contribution in [0.5, 0.6) is 0 Å². The smallest absolute Gasteiger partial charge is 0.324 e. The van der Waals surface area contributed by atoms with E-state index in [1.54, 1.807) is 6.92 Å². The third-order valence-corrected chi connectivity index (χ3v) is 3.69. The second-order valence-electron chi connectivity index (χ2n) is 4.44. The van der Waals surface area contributed by atoms with E-state index in [1.807, 2.05) is 6.07 Å². The summed E-state index contributed by atoms with van der Waals surface area (Å²) in [7, 11) is 0. The van der Waals surface area contributed by atoms with E-state index in [2.05, 4.69) is 21.2 Å². The number of anilines is 1. The number of rotatable bonds is 3. The number of amides is 1. The van der Waals surface area contributed by atoms with Gasteiger partial charge >= 0.3 is 6.18 Å². The molecule has 0 saturated carbocycles. The highest BCUT2D eigenvalue weighted by atomic mass is 79.9. The molecule has 0 bridgehead atoms. The Kier molecular flexibility index (Phi) is 4.81. The molecule has 1 aromatic carbocycles. The van der Waals surface area contributed by atoms with Crippen LogP contribution in [0.15, 0.2) is 22.7 Å². The van der Waals surface area contributed by atoms with Crippen LogP contribution in [0, 0.1) is 16.7 Å². The van der Waals surface area contributed by atoms with Crippen molar-refractivity contribution in [3.05, 3.63) is 28.2 Å². The molecule has 1 atom stereocenters. The lowest BCUT2D eigenvalue weighted by Gasteiger charge is -2.19. The summed E-state index contributed by atoms with van der Waals surface area (Å²) in [5.74, 6) is -0.637. The van der Waals surface area contributed by atoms with Crippen molar-refractivity contribution in [2.45, 2.75) is 26.4 Å². The molecule has 0 aliphatic carbocycles. The summed E-state index contributed by atoms with van der Waals surface area (Å²) in [6, 6.07) is 4.80. The van der Waals surface area contributed by atoms with E-state index in [0.29, 0.717) is 4.47 Å². The maximum atomic E-state index is 12.6. The predicted molar refractivity (Wildman–Crippen MR) is 71.8 cm³/mol. The van der Waals surface area contributed by atoms with E-state index in [9.17, 15) is 18.0 Å². The van der Waals surface area contributed by atoms with E-state index in [-0.39, 0.29) is 12.1 Å². The van der Waals surface area contributed by atoms with Gasteiger partial charge in [0.1, 0.15) is 5.41 Å². The minimum absolute atomic E-state index is 0.0141. The Bertz CT molecular complexity index is 566. The number of hydrogen-bond donors (Lipinski definition) is 1. The van der Waals surface area contributed by atoms with Crippen LogP contribution in [0.4, 0.5) is 18.9 Å². The lowest BCUT2D eigenvalue weighted by molar-refractivity contribution is -0.137. The lowest BCUT2D eigenvalue weighted by atomic mass is 9.88. The van der Waals surface area contributed by atoms with Crippen molar-refractivity contribution in [1.29, 1.82) is 5.26 Å². The number of hydrogen-bond acceptors (Lipinski definition) is 2. The summed E-state index contributed by atoms with van der Waals surface area (Å²) in [6.45, 7) is 3.09. The van der Waals surface area contributed by atoms with Gasteiger partial charge in [0.15, 0.2) is 0 Å². The molecule has 0 saturated heterocycles. The van der Waals surface area contributed by atoms with Gasteiger partial charge in [-0.2, -0.15) is 18.4 Å². The quantitative estimate of drug-likeness (QED) is 0.882. The van der Waals surface area contributed by atoms with Gasteiger partial charge in [-0.1, -0.05) is 6.92 Å². The van der Waals surface area contributed by atoms with E-state index in [0.717, 1.165) is 12.1 Å². The fraction of sp³-hybridized carbons (Fsp3) is 0.385. The zero-order valence-electron chi connectivity index (χ0n) is 10.8. The first-order valence-electron chi connectivity index (χ1n) is 5.73. The number of carbonyl (C=O) groups is 1. The average Bonchev–Trinajstić information content (AvgIpc) is 2.38. The zero-order valence-corrected chi connectivity index (χ0v) is 12.4. The summed E-state index contributed by atoms with van der Waals surface area (Å²) in [4.78, 5) is 12.0. The molecule has 0 heterocycles. The van der Waals surface area contributed by atoms with Crippen LogP contribution < -0.4 is 5.32 Å². The number of nitrogens with zero attached hydrogens (tertiary/aromatic N) is 1. The topological polar surface area (TPSA) is 52.9 Å². The Hall–Kier alpha value is -1.55. The molecule has 0 spiro atoms. The third kappa shape index (κ3) is 3.51. The van der Waals surface area contributed by atoms with E-state index in [1.165, 1.54) is 13.0 Å². The number of nitrogens with one attached hydrogen (secondary N) is 1. The minimum Gasteiger partial charge on any atom is -0.324 e. The van der Waals surface area contributed by atoms with Crippen molar-refractivity contribution in [1.82, 2.24) is 0 Å². The van der Waals surface area contributed by atoms with Crippen LogP contribution in [0.25, 0.3) is 0 Å². The van der Waals surface area contributed by atoms with Crippen molar-refractivity contribution in [3.63, 3.8) is 0 Å². The molecule has 0 fully saturated rings. The monoisotopic (exact) mass is 348 g/mol. The van der Waals surface area contributed by atoms with Crippen molar-refractivity contribution in [2.24, 2.45) is 5.41 Å². The van der Waals surface area contributed by atoms with E-state index >= 15 is 0 Å². The molecule has 1 unspecified atom stereocenters. The van der Waals surface area contributed by atoms with Gasteiger partial charge < -0.3 is 5.32 Å². The van der Waals surface area contributed by atoms with Gasteiger partial charge in [0, 0.05) is 4.47 Å². The molecule has 1 aromatic rings. The van der Waals surface area contributed by atoms with Gasteiger partial charge in [0.25, 0.3) is 0 Å². The number of halogens is 4. The van der Waals surface area contributed by atoms with E-state index < -0.39 is 23.1 Å². The van der Waals surface area contributed by atoms with Crippen molar-refractivity contribution < 1.29 is 18.0 Å². The molecule has 1 amide bonds. The van der Waals surface area contributed by atoms with Crippen LogP contribution in [0.1, 0.15) is 25.8 Å². The first-order valence-corrected chi connectivity index (χ1v) is 6.53. The van der Waals surface area contributed by atoms with Crippen molar-refractivity contribution in [2.75, 3.05) is 5.32 Å². The molecule has 7 heteroatoms. The van der Waals surface area contributed by atoms with Crippen LogP contribution in [0.3, 0.4) is 0 Å². The third-order valence-electron chi connectivity index (χ3n) is 3.00. The second-order valence-corrected chi connectivity index (χ2v) is 5.30. The predicted octanol–water partition coefficient (Wildman–Crippen LogP) is 4.35. The molecule has 0 aliphatic heterocycles. The molecule has 1 rings (SSSR count). The fourth-order valence-electron chi connectivity index (χ4n) is 1.35. The summed E-state index contributed by atoms with van der Waals surface area (Å²) in [5, 5.41) is 11.3. The number of benzene rings is 1. The van der Waals surface area contributed by atoms with Crippen LogP contribution >= 0.6 is 15.9 Å². The highest BCUT2D eigenvalue weighted by Gasteiger charge is 2.33. The zero-order chi connectivity index (χ0) is 15.6. The molecule has 3 nitrogen and oxygen atoms in total. The summed E-state index contributed by atoms with van der Waals surface area (Å²) < 4.78 is 38.2. The molecule has 108 valence electrons. The molecule has 0 aromatic heterocycles. The van der Waals surface area contributed by atoms with Gasteiger partial charge in [-0.3, -0.25) is 4.79 Å². The van der Waals surface area contributed by atoms with Crippen LogP contribution in [0.2, 0.25) is 0 Å². The molecular weight excluding hydrogens is 337 g/mol. The van der Waals surface area contributed by atoms with Gasteiger partial charge in [0.05, 0.1) is 17.3 Å².